The SMILES string of the molecule is Cc1ccccc1OCC1CCN(C(=O)C2CCN(S(C)(=O)=O)CC2)CC1. The third-order valence-electron chi connectivity index (χ3n) is 5.77. The maximum Gasteiger partial charge on any atom is 0.225 e. The van der Waals surface area contributed by atoms with Gasteiger partial charge in [-0.15, -0.1) is 0 Å². The van der Waals surface area contributed by atoms with Gasteiger partial charge in [-0.05, 0) is 50.2 Å². The molecule has 2 aliphatic rings. The number of amides is 1. The lowest BCUT2D eigenvalue weighted by atomic mass is 9.93. The molecule has 0 atom stereocenters. The quantitative estimate of drug-likeness (QED) is 0.768. The minimum atomic E-state index is -3.14. The lowest BCUT2D eigenvalue weighted by Gasteiger charge is -2.36. The predicted octanol–water partition coefficient (Wildman–Crippen LogP) is 2.28. The Labute approximate surface area is 162 Å². The zero-order valence-electron chi connectivity index (χ0n) is 16.3. The largest absolute Gasteiger partial charge is 0.493 e. The van der Waals surface area contributed by atoms with E-state index in [1.54, 1.807) is 0 Å². The molecule has 2 heterocycles. The molecule has 2 saturated heterocycles. The summed E-state index contributed by atoms with van der Waals surface area (Å²) in [5, 5.41) is 0. The fraction of sp³-hybridized carbons (Fsp3) is 0.650. The first kappa shape index (κ1) is 20.1. The highest BCUT2D eigenvalue weighted by molar-refractivity contribution is 7.88. The molecule has 2 fully saturated rings. The Morgan fingerprint density at radius 2 is 1.70 bits per heavy atom. The van der Waals surface area contributed by atoms with Crippen LogP contribution in [-0.4, -0.2) is 62.6 Å². The fourth-order valence-electron chi connectivity index (χ4n) is 3.94. The van der Waals surface area contributed by atoms with Gasteiger partial charge in [-0.1, -0.05) is 18.2 Å². The van der Waals surface area contributed by atoms with Crippen LogP contribution in [0.1, 0.15) is 31.2 Å². The van der Waals surface area contributed by atoms with E-state index in [1.165, 1.54) is 10.6 Å². The highest BCUT2D eigenvalue weighted by atomic mass is 32.2. The highest BCUT2D eigenvalue weighted by Gasteiger charge is 2.33. The number of sulfonamides is 1. The summed E-state index contributed by atoms with van der Waals surface area (Å²) in [6, 6.07) is 8.04. The van der Waals surface area contributed by atoms with Crippen molar-refractivity contribution in [2.24, 2.45) is 11.8 Å². The first-order valence-corrected chi connectivity index (χ1v) is 11.6. The van der Waals surface area contributed by atoms with Gasteiger partial charge in [0.2, 0.25) is 15.9 Å². The minimum Gasteiger partial charge on any atom is -0.493 e. The molecule has 27 heavy (non-hydrogen) atoms. The van der Waals surface area contributed by atoms with Crippen LogP contribution < -0.4 is 4.74 Å². The first-order chi connectivity index (χ1) is 12.8. The standard InChI is InChI=1S/C20H30N2O4S/c1-16-5-3-4-6-19(16)26-15-17-7-11-21(12-8-17)20(23)18-9-13-22(14-10-18)27(2,24)25/h3-6,17-18H,7-15H2,1-2H3. The molecule has 0 unspecified atom stereocenters. The Kier molecular flexibility index (Phi) is 6.42. The summed E-state index contributed by atoms with van der Waals surface area (Å²) in [7, 11) is -3.14. The number of rotatable bonds is 5. The van der Waals surface area contributed by atoms with Crippen LogP contribution >= 0.6 is 0 Å². The molecule has 150 valence electrons. The number of para-hydroxylation sites is 1. The van der Waals surface area contributed by atoms with Crippen molar-refractivity contribution in [3.8, 4) is 5.75 Å². The Morgan fingerprint density at radius 1 is 1.07 bits per heavy atom. The highest BCUT2D eigenvalue weighted by Crippen LogP contribution is 2.26. The zero-order chi connectivity index (χ0) is 19.4. The second-order valence-electron chi connectivity index (χ2n) is 7.78. The van der Waals surface area contributed by atoms with Crippen LogP contribution in [0.3, 0.4) is 0 Å². The minimum absolute atomic E-state index is 0.0391. The molecule has 1 amide bonds. The molecule has 6 nitrogen and oxygen atoms in total. The van der Waals surface area contributed by atoms with Crippen molar-refractivity contribution < 1.29 is 17.9 Å². The molecule has 0 aromatic heterocycles. The van der Waals surface area contributed by atoms with Crippen LogP contribution in [0.4, 0.5) is 0 Å². The van der Waals surface area contributed by atoms with Gasteiger partial charge in [0.05, 0.1) is 12.9 Å². The predicted molar refractivity (Wildman–Crippen MR) is 105 cm³/mol. The molecule has 0 radical (unpaired) electrons. The third kappa shape index (κ3) is 5.23. The number of hydrogen-bond donors (Lipinski definition) is 0. The van der Waals surface area contributed by atoms with Crippen molar-refractivity contribution in [1.29, 1.82) is 0 Å². The number of ether oxygens (including phenoxy) is 1. The van der Waals surface area contributed by atoms with E-state index in [2.05, 4.69) is 0 Å². The number of carbonyl (C=O) groups excluding carboxylic acids is 1. The van der Waals surface area contributed by atoms with Gasteiger partial charge in [0.1, 0.15) is 5.75 Å². The van der Waals surface area contributed by atoms with Crippen molar-refractivity contribution in [2.75, 3.05) is 39.0 Å². The van der Waals surface area contributed by atoms with Crippen molar-refractivity contribution in [3.05, 3.63) is 29.8 Å². The summed E-state index contributed by atoms with van der Waals surface area (Å²) in [5.74, 6) is 1.57. The van der Waals surface area contributed by atoms with Crippen molar-refractivity contribution in [3.63, 3.8) is 0 Å². The molecular formula is C20H30N2O4S. The maximum atomic E-state index is 12.8. The van der Waals surface area contributed by atoms with E-state index in [0.29, 0.717) is 38.5 Å². The first-order valence-electron chi connectivity index (χ1n) is 9.77. The Balaban J connectivity index is 1.42. The Hall–Kier alpha value is -1.60. The smallest absolute Gasteiger partial charge is 0.225 e. The monoisotopic (exact) mass is 394 g/mol. The molecule has 2 aliphatic heterocycles. The molecule has 0 aliphatic carbocycles. The third-order valence-corrected chi connectivity index (χ3v) is 7.07. The van der Waals surface area contributed by atoms with Gasteiger partial charge >= 0.3 is 0 Å². The van der Waals surface area contributed by atoms with Crippen molar-refractivity contribution in [2.45, 2.75) is 32.6 Å². The van der Waals surface area contributed by atoms with E-state index in [9.17, 15) is 13.2 Å². The van der Waals surface area contributed by atoms with Crippen LogP contribution in [0, 0.1) is 18.8 Å². The van der Waals surface area contributed by atoms with Gasteiger partial charge in [0.25, 0.3) is 0 Å². The van der Waals surface area contributed by atoms with Crippen LogP contribution in [0.25, 0.3) is 0 Å². The van der Waals surface area contributed by atoms with Gasteiger partial charge < -0.3 is 9.64 Å². The average molecular weight is 395 g/mol. The number of benzene rings is 1. The van der Waals surface area contributed by atoms with Crippen LogP contribution in [0.15, 0.2) is 24.3 Å². The molecular weight excluding hydrogens is 364 g/mol. The molecule has 0 saturated carbocycles. The molecule has 0 spiro atoms. The molecule has 0 N–H and O–H groups in total. The summed E-state index contributed by atoms with van der Waals surface area (Å²) in [6.07, 6.45) is 4.41. The normalized spacial score (nSPS) is 20.6. The van der Waals surface area contributed by atoms with E-state index in [1.807, 2.05) is 36.1 Å². The Morgan fingerprint density at radius 3 is 2.30 bits per heavy atom. The van der Waals surface area contributed by atoms with E-state index in [0.717, 1.165) is 37.2 Å². The summed E-state index contributed by atoms with van der Waals surface area (Å²) in [4.78, 5) is 14.7. The zero-order valence-corrected chi connectivity index (χ0v) is 17.1. The van der Waals surface area contributed by atoms with Gasteiger partial charge in [-0.25, -0.2) is 12.7 Å². The molecule has 1 aromatic carbocycles. The molecule has 7 heteroatoms. The van der Waals surface area contributed by atoms with Crippen molar-refractivity contribution in [1.82, 2.24) is 9.21 Å². The van der Waals surface area contributed by atoms with Crippen LogP contribution in [0.2, 0.25) is 0 Å². The van der Waals surface area contributed by atoms with E-state index in [-0.39, 0.29) is 11.8 Å². The van der Waals surface area contributed by atoms with Gasteiger partial charge in [0.15, 0.2) is 0 Å². The number of aryl methyl sites for hydroxylation is 1. The van der Waals surface area contributed by atoms with E-state index < -0.39 is 10.0 Å². The number of likely N-dealkylation sites (tertiary alicyclic amines) is 1. The second kappa shape index (κ2) is 8.61. The summed E-state index contributed by atoms with van der Waals surface area (Å²) >= 11 is 0. The summed E-state index contributed by atoms with van der Waals surface area (Å²) in [5.41, 5.74) is 1.14. The number of nitrogens with zero attached hydrogens (tertiary/aromatic N) is 2. The second-order valence-corrected chi connectivity index (χ2v) is 9.76. The van der Waals surface area contributed by atoms with Crippen LogP contribution in [0.5, 0.6) is 5.75 Å². The summed E-state index contributed by atoms with van der Waals surface area (Å²) < 4.78 is 30.7. The van der Waals surface area contributed by atoms with E-state index >= 15 is 0 Å². The summed E-state index contributed by atoms with van der Waals surface area (Å²) in [6.45, 7) is 5.19. The fourth-order valence-corrected chi connectivity index (χ4v) is 4.81. The van der Waals surface area contributed by atoms with Crippen molar-refractivity contribution >= 4 is 15.9 Å². The van der Waals surface area contributed by atoms with Crippen LogP contribution in [-0.2, 0) is 14.8 Å². The number of piperidine rings is 2. The molecule has 0 bridgehead atoms. The topological polar surface area (TPSA) is 66.9 Å². The molecule has 1 aromatic rings. The van der Waals surface area contributed by atoms with Gasteiger partial charge in [0, 0.05) is 32.1 Å². The maximum absolute atomic E-state index is 12.8. The van der Waals surface area contributed by atoms with Gasteiger partial charge in [-0.2, -0.15) is 0 Å². The van der Waals surface area contributed by atoms with Gasteiger partial charge in [-0.3, -0.25) is 4.79 Å². The average Bonchev–Trinajstić information content (AvgIpc) is 2.67. The lowest BCUT2D eigenvalue weighted by molar-refractivity contribution is -0.138. The van der Waals surface area contributed by atoms with E-state index in [4.69, 9.17) is 4.74 Å². The molecule has 3 rings (SSSR count). The lowest BCUT2D eigenvalue weighted by Crippen LogP contribution is -2.46. The Bertz CT molecular complexity index is 749. The number of carbonyl (C=O) groups is 1. The number of hydrogen-bond acceptors (Lipinski definition) is 4.